The van der Waals surface area contributed by atoms with Crippen LogP contribution in [0, 0.1) is 0 Å². The molecule has 0 saturated carbocycles. The summed E-state index contributed by atoms with van der Waals surface area (Å²) in [6, 6.07) is 6.11. The third kappa shape index (κ3) is 2.75. The van der Waals surface area contributed by atoms with E-state index in [9.17, 15) is 0 Å². The summed E-state index contributed by atoms with van der Waals surface area (Å²) in [7, 11) is 1.69. The summed E-state index contributed by atoms with van der Waals surface area (Å²) in [5.74, 6) is 0. The molecule has 2 N–H and O–H groups in total. The largest absolute Gasteiger partial charge is 0.380 e. The summed E-state index contributed by atoms with van der Waals surface area (Å²) in [4.78, 5) is 4.44. The second-order valence-corrected chi connectivity index (χ2v) is 5.52. The van der Waals surface area contributed by atoms with Gasteiger partial charge in [0.1, 0.15) is 0 Å². The van der Waals surface area contributed by atoms with Gasteiger partial charge in [0.2, 0.25) is 0 Å². The third-order valence-corrected chi connectivity index (χ3v) is 4.13. The molecule has 0 aliphatic carbocycles. The number of rotatable bonds is 2. The van der Waals surface area contributed by atoms with Crippen LogP contribution in [0.3, 0.4) is 0 Å². The van der Waals surface area contributed by atoms with E-state index < -0.39 is 5.54 Å². The van der Waals surface area contributed by atoms with Crippen molar-refractivity contribution < 1.29 is 4.74 Å². The van der Waals surface area contributed by atoms with Crippen LogP contribution >= 0.6 is 22.6 Å². The summed E-state index contributed by atoms with van der Waals surface area (Å²) in [5, 5.41) is 2.01. The van der Waals surface area contributed by atoms with E-state index in [1.807, 2.05) is 25.3 Å². The molecule has 1 atom stereocenters. The smallest absolute Gasteiger partial charge is 0.0713 e. The van der Waals surface area contributed by atoms with Crippen LogP contribution in [0.2, 0.25) is 0 Å². The molecule has 2 rings (SSSR count). The summed E-state index contributed by atoms with van der Waals surface area (Å²) < 4.78 is 6.16. The average molecular weight is 342 g/mol. The standard InChI is InChI=1S/C13H15IN2O/c1-13(15)6-10-5-9(8-17-2)3-4-11(10)16-7-12(13)14/h3-7H,8,15H2,1-2H3. The fourth-order valence-corrected chi connectivity index (χ4v) is 2.05. The zero-order valence-electron chi connectivity index (χ0n) is 9.90. The van der Waals surface area contributed by atoms with Crippen molar-refractivity contribution in [3.8, 4) is 0 Å². The Morgan fingerprint density at radius 3 is 2.94 bits per heavy atom. The van der Waals surface area contributed by atoms with Gasteiger partial charge in [-0.2, -0.15) is 0 Å². The monoisotopic (exact) mass is 342 g/mol. The zero-order valence-corrected chi connectivity index (χ0v) is 12.1. The molecule has 0 aromatic heterocycles. The van der Waals surface area contributed by atoms with Gasteiger partial charge < -0.3 is 10.5 Å². The minimum absolute atomic E-state index is 0.457. The molecule has 0 radical (unpaired) electrons. The average Bonchev–Trinajstić information content (AvgIpc) is 2.37. The Morgan fingerprint density at radius 2 is 2.24 bits per heavy atom. The van der Waals surface area contributed by atoms with E-state index in [-0.39, 0.29) is 0 Å². The highest BCUT2D eigenvalue weighted by Gasteiger charge is 2.20. The van der Waals surface area contributed by atoms with E-state index in [0.29, 0.717) is 6.61 Å². The molecule has 1 aliphatic rings. The maximum absolute atomic E-state index is 6.24. The van der Waals surface area contributed by atoms with Crippen LogP contribution in [0.5, 0.6) is 0 Å². The number of benzene rings is 1. The van der Waals surface area contributed by atoms with Crippen LogP contribution < -0.4 is 16.3 Å². The number of nitrogens with two attached hydrogens (primary N) is 1. The Morgan fingerprint density at radius 1 is 1.47 bits per heavy atom. The zero-order chi connectivity index (χ0) is 12.5. The van der Waals surface area contributed by atoms with Crippen molar-refractivity contribution in [1.82, 2.24) is 0 Å². The van der Waals surface area contributed by atoms with E-state index in [4.69, 9.17) is 10.5 Å². The number of hydrogen-bond acceptors (Lipinski definition) is 3. The lowest BCUT2D eigenvalue weighted by atomic mass is 10.0. The molecule has 0 bridgehead atoms. The highest BCUT2D eigenvalue weighted by molar-refractivity contribution is 14.1. The number of hydrogen-bond donors (Lipinski definition) is 1. The van der Waals surface area contributed by atoms with E-state index >= 15 is 0 Å². The van der Waals surface area contributed by atoms with Crippen LogP contribution in [-0.2, 0) is 11.3 Å². The molecule has 1 aliphatic heterocycles. The summed E-state index contributed by atoms with van der Waals surface area (Å²) >= 11 is 2.23. The van der Waals surface area contributed by atoms with E-state index in [1.165, 1.54) is 0 Å². The van der Waals surface area contributed by atoms with Crippen LogP contribution in [0.4, 0.5) is 0 Å². The Labute approximate surface area is 114 Å². The summed E-state index contributed by atoms with van der Waals surface area (Å²) in [5.41, 5.74) is 6.91. The molecule has 0 spiro atoms. The first kappa shape index (κ1) is 12.7. The fourth-order valence-electron chi connectivity index (χ4n) is 1.75. The predicted octanol–water partition coefficient (Wildman–Crippen LogP) is 1.24. The first-order chi connectivity index (χ1) is 8.03. The van der Waals surface area contributed by atoms with Gasteiger partial charge in [-0.15, -0.1) is 0 Å². The molecule has 1 heterocycles. The third-order valence-electron chi connectivity index (χ3n) is 2.69. The van der Waals surface area contributed by atoms with Gasteiger partial charge in [-0.05, 0) is 52.4 Å². The lowest BCUT2D eigenvalue weighted by molar-refractivity contribution is 0.185. The van der Waals surface area contributed by atoms with Crippen molar-refractivity contribution in [3.63, 3.8) is 0 Å². The van der Waals surface area contributed by atoms with Gasteiger partial charge in [-0.1, -0.05) is 12.1 Å². The van der Waals surface area contributed by atoms with Gasteiger partial charge in [0.15, 0.2) is 0 Å². The number of fused-ring (bicyclic) bond motifs is 1. The van der Waals surface area contributed by atoms with Gasteiger partial charge >= 0.3 is 0 Å². The van der Waals surface area contributed by atoms with Crippen molar-refractivity contribution in [2.24, 2.45) is 10.7 Å². The molecule has 4 heteroatoms. The molecular weight excluding hydrogens is 327 g/mol. The lowest BCUT2D eigenvalue weighted by Crippen LogP contribution is -2.37. The number of methoxy groups -OCH3 is 1. The molecule has 0 saturated heterocycles. The molecule has 1 aromatic rings. The van der Waals surface area contributed by atoms with Crippen molar-refractivity contribution >= 4 is 28.7 Å². The maximum Gasteiger partial charge on any atom is 0.0713 e. The Bertz CT molecular complexity index is 576. The quantitative estimate of drug-likeness (QED) is 0.823. The van der Waals surface area contributed by atoms with Crippen LogP contribution in [0.1, 0.15) is 12.5 Å². The highest BCUT2D eigenvalue weighted by atomic mass is 127. The van der Waals surface area contributed by atoms with Crippen molar-refractivity contribution in [3.05, 3.63) is 44.1 Å². The van der Waals surface area contributed by atoms with Crippen LogP contribution in [0.15, 0.2) is 33.0 Å². The fraction of sp³-hybridized carbons (Fsp3) is 0.308. The SMILES string of the molecule is COCc1ccc2c(c1)=CC(C)(N)C(I)=CN=2. The van der Waals surface area contributed by atoms with Gasteiger partial charge in [0.25, 0.3) is 0 Å². The normalized spacial score (nSPS) is 22.9. The number of nitrogens with zero attached hydrogens (tertiary/aromatic N) is 1. The molecule has 0 fully saturated rings. The van der Waals surface area contributed by atoms with E-state index in [0.717, 1.165) is 19.7 Å². The topological polar surface area (TPSA) is 47.6 Å². The molecule has 17 heavy (non-hydrogen) atoms. The van der Waals surface area contributed by atoms with Crippen molar-refractivity contribution in [2.75, 3.05) is 7.11 Å². The summed E-state index contributed by atoms with van der Waals surface area (Å²) in [6.45, 7) is 2.59. The van der Waals surface area contributed by atoms with Crippen LogP contribution in [0.25, 0.3) is 6.08 Å². The minimum Gasteiger partial charge on any atom is -0.380 e. The molecule has 3 nitrogen and oxygen atoms in total. The van der Waals surface area contributed by atoms with E-state index in [1.54, 1.807) is 7.11 Å². The summed E-state index contributed by atoms with van der Waals surface area (Å²) in [6.07, 6.45) is 3.88. The predicted molar refractivity (Wildman–Crippen MR) is 77.1 cm³/mol. The Hall–Kier alpha value is -0.720. The maximum atomic E-state index is 6.24. The molecular formula is C13H15IN2O. The number of ether oxygens (including phenoxy) is 1. The van der Waals surface area contributed by atoms with Crippen LogP contribution in [-0.4, -0.2) is 12.6 Å². The first-order valence-corrected chi connectivity index (χ1v) is 6.44. The lowest BCUT2D eigenvalue weighted by Gasteiger charge is -2.18. The Kier molecular flexibility index (Phi) is 3.65. The first-order valence-electron chi connectivity index (χ1n) is 5.36. The Balaban J connectivity index is 2.61. The van der Waals surface area contributed by atoms with Gasteiger partial charge in [-0.25, -0.2) is 0 Å². The van der Waals surface area contributed by atoms with Crippen molar-refractivity contribution in [1.29, 1.82) is 0 Å². The molecule has 1 unspecified atom stereocenters. The second kappa shape index (κ2) is 4.88. The molecule has 1 aromatic carbocycles. The van der Waals surface area contributed by atoms with Gasteiger partial charge in [-0.3, -0.25) is 4.99 Å². The number of halogens is 1. The minimum atomic E-state index is -0.457. The highest BCUT2D eigenvalue weighted by Crippen LogP contribution is 2.22. The van der Waals surface area contributed by atoms with Crippen molar-refractivity contribution in [2.45, 2.75) is 19.1 Å². The van der Waals surface area contributed by atoms with Gasteiger partial charge in [0, 0.05) is 16.9 Å². The molecule has 0 amide bonds. The second-order valence-electron chi connectivity index (χ2n) is 4.36. The van der Waals surface area contributed by atoms with E-state index in [2.05, 4.69) is 39.7 Å². The molecule has 90 valence electrons. The van der Waals surface area contributed by atoms with Gasteiger partial charge in [0.05, 0.1) is 17.5 Å².